The van der Waals surface area contributed by atoms with E-state index in [-0.39, 0.29) is 0 Å². The Labute approximate surface area is 105 Å². The molecule has 0 bridgehead atoms. The second kappa shape index (κ2) is 4.55. The highest BCUT2D eigenvalue weighted by Gasteiger charge is 2.59. The van der Waals surface area contributed by atoms with Gasteiger partial charge in [-0.2, -0.15) is 0 Å². The maximum absolute atomic E-state index is 5.92. The lowest BCUT2D eigenvalue weighted by atomic mass is 9.51. The van der Waals surface area contributed by atoms with Crippen molar-refractivity contribution in [2.45, 2.75) is 77.0 Å². The van der Waals surface area contributed by atoms with E-state index in [0.717, 1.165) is 24.6 Å². The Balaban J connectivity index is 1.58. The van der Waals surface area contributed by atoms with Crippen molar-refractivity contribution in [1.29, 1.82) is 0 Å². The topological polar surface area (TPSA) is 21.3 Å². The molecule has 0 aromatic rings. The first kappa shape index (κ1) is 12.0. The highest BCUT2D eigenvalue weighted by molar-refractivity contribution is 5.13. The molecule has 4 unspecified atom stereocenters. The van der Waals surface area contributed by atoms with Crippen LogP contribution in [0.5, 0.6) is 0 Å². The summed E-state index contributed by atoms with van der Waals surface area (Å²) in [7, 11) is 0. The van der Waals surface area contributed by atoms with Gasteiger partial charge in [0.05, 0.1) is 6.10 Å². The van der Waals surface area contributed by atoms with Gasteiger partial charge < -0.3 is 10.1 Å². The Kier molecular flexibility index (Phi) is 3.20. The van der Waals surface area contributed by atoms with Crippen molar-refractivity contribution >= 4 is 0 Å². The minimum Gasteiger partial charge on any atom is -0.378 e. The van der Waals surface area contributed by atoms with Crippen LogP contribution in [0.2, 0.25) is 0 Å². The quantitative estimate of drug-likeness (QED) is 0.811. The molecule has 98 valence electrons. The maximum Gasteiger partial charge on any atom is 0.0661 e. The molecule has 3 aliphatic carbocycles. The van der Waals surface area contributed by atoms with E-state index in [2.05, 4.69) is 19.2 Å². The smallest absolute Gasteiger partial charge is 0.0661 e. The summed E-state index contributed by atoms with van der Waals surface area (Å²) < 4.78 is 5.92. The SMILES string of the molecule is CCOC1CC(NC2CCCC2C)C12CCC2. The lowest BCUT2D eigenvalue weighted by molar-refractivity contribution is -0.175. The molecule has 3 fully saturated rings. The zero-order valence-corrected chi connectivity index (χ0v) is 11.4. The molecule has 1 N–H and O–H groups in total. The normalized spacial score (nSPS) is 43.4. The minimum atomic E-state index is 0.540. The van der Waals surface area contributed by atoms with Crippen LogP contribution in [0, 0.1) is 11.3 Å². The molecule has 0 aromatic carbocycles. The fourth-order valence-electron chi connectivity index (χ4n) is 4.32. The molecule has 3 rings (SSSR count). The van der Waals surface area contributed by atoms with E-state index in [1.807, 2.05) is 0 Å². The van der Waals surface area contributed by atoms with E-state index in [4.69, 9.17) is 4.74 Å². The Morgan fingerprint density at radius 1 is 1.24 bits per heavy atom. The molecule has 17 heavy (non-hydrogen) atoms. The first-order valence-corrected chi connectivity index (χ1v) is 7.64. The van der Waals surface area contributed by atoms with Gasteiger partial charge in [-0.3, -0.25) is 0 Å². The lowest BCUT2D eigenvalue weighted by Crippen LogP contribution is -2.68. The Morgan fingerprint density at radius 2 is 2.06 bits per heavy atom. The molecule has 4 atom stereocenters. The average Bonchev–Trinajstić information content (AvgIpc) is 2.60. The summed E-state index contributed by atoms with van der Waals surface area (Å²) in [6, 6.07) is 1.55. The molecule has 2 heteroatoms. The second-order valence-electron chi connectivity index (χ2n) is 6.50. The summed E-state index contributed by atoms with van der Waals surface area (Å²) in [6.07, 6.45) is 10.3. The van der Waals surface area contributed by atoms with Crippen LogP contribution < -0.4 is 5.32 Å². The van der Waals surface area contributed by atoms with E-state index in [1.165, 1.54) is 44.9 Å². The molecule has 1 spiro atoms. The number of hydrogen-bond acceptors (Lipinski definition) is 2. The van der Waals surface area contributed by atoms with Gasteiger partial charge in [-0.05, 0) is 44.9 Å². The van der Waals surface area contributed by atoms with Crippen LogP contribution in [0.4, 0.5) is 0 Å². The maximum atomic E-state index is 5.92. The molecule has 3 aliphatic rings. The Bertz CT molecular complexity index is 274. The number of rotatable bonds is 4. The summed E-state index contributed by atoms with van der Waals surface area (Å²) in [5, 5.41) is 3.97. The van der Waals surface area contributed by atoms with Gasteiger partial charge in [0.15, 0.2) is 0 Å². The Hall–Kier alpha value is -0.0800. The molecular weight excluding hydrogens is 210 g/mol. The van der Waals surface area contributed by atoms with Crippen molar-refractivity contribution in [3.8, 4) is 0 Å². The van der Waals surface area contributed by atoms with E-state index in [0.29, 0.717) is 11.5 Å². The van der Waals surface area contributed by atoms with Gasteiger partial charge in [0.25, 0.3) is 0 Å². The largest absolute Gasteiger partial charge is 0.378 e. The number of hydrogen-bond donors (Lipinski definition) is 1. The summed E-state index contributed by atoms with van der Waals surface area (Å²) >= 11 is 0. The summed E-state index contributed by atoms with van der Waals surface area (Å²) in [6.45, 7) is 5.43. The third-order valence-corrected chi connectivity index (χ3v) is 5.71. The highest BCUT2D eigenvalue weighted by Crippen LogP contribution is 2.57. The second-order valence-corrected chi connectivity index (χ2v) is 6.50. The molecule has 0 aromatic heterocycles. The first-order valence-electron chi connectivity index (χ1n) is 7.64. The summed E-state index contributed by atoms with van der Waals surface area (Å²) in [4.78, 5) is 0. The molecule has 0 amide bonds. The Morgan fingerprint density at radius 3 is 2.59 bits per heavy atom. The first-order chi connectivity index (χ1) is 8.26. The van der Waals surface area contributed by atoms with Gasteiger partial charge in [-0.25, -0.2) is 0 Å². The fraction of sp³-hybridized carbons (Fsp3) is 1.00. The van der Waals surface area contributed by atoms with Gasteiger partial charge in [0.1, 0.15) is 0 Å². The molecule has 0 heterocycles. The van der Waals surface area contributed by atoms with Crippen molar-refractivity contribution in [2.75, 3.05) is 6.61 Å². The van der Waals surface area contributed by atoms with E-state index >= 15 is 0 Å². The van der Waals surface area contributed by atoms with Crippen molar-refractivity contribution in [3.05, 3.63) is 0 Å². The predicted molar refractivity (Wildman–Crippen MR) is 70.0 cm³/mol. The van der Waals surface area contributed by atoms with Crippen LogP contribution in [-0.4, -0.2) is 24.8 Å². The minimum absolute atomic E-state index is 0.540. The van der Waals surface area contributed by atoms with Crippen LogP contribution in [-0.2, 0) is 4.74 Å². The van der Waals surface area contributed by atoms with Crippen molar-refractivity contribution in [2.24, 2.45) is 11.3 Å². The molecular formula is C15H27NO. The zero-order chi connectivity index (χ0) is 11.9. The molecule has 0 radical (unpaired) electrons. The van der Waals surface area contributed by atoms with Crippen LogP contribution in [0.3, 0.4) is 0 Å². The van der Waals surface area contributed by atoms with Crippen molar-refractivity contribution in [1.82, 2.24) is 5.32 Å². The van der Waals surface area contributed by atoms with Crippen LogP contribution in [0.15, 0.2) is 0 Å². The van der Waals surface area contributed by atoms with Crippen LogP contribution >= 0.6 is 0 Å². The van der Waals surface area contributed by atoms with Gasteiger partial charge in [-0.15, -0.1) is 0 Å². The van der Waals surface area contributed by atoms with E-state index in [1.54, 1.807) is 0 Å². The summed E-state index contributed by atoms with van der Waals surface area (Å²) in [5.41, 5.74) is 0.540. The lowest BCUT2D eigenvalue weighted by Gasteiger charge is -2.62. The third kappa shape index (κ3) is 1.84. The molecule has 0 aliphatic heterocycles. The predicted octanol–water partition coefficient (Wildman–Crippen LogP) is 3.11. The van der Waals surface area contributed by atoms with Crippen molar-refractivity contribution in [3.63, 3.8) is 0 Å². The number of nitrogens with one attached hydrogen (secondary N) is 1. The van der Waals surface area contributed by atoms with Gasteiger partial charge in [0, 0.05) is 24.1 Å². The fourth-order valence-corrected chi connectivity index (χ4v) is 4.32. The van der Waals surface area contributed by atoms with Gasteiger partial charge >= 0.3 is 0 Å². The number of ether oxygens (including phenoxy) is 1. The van der Waals surface area contributed by atoms with Crippen molar-refractivity contribution < 1.29 is 4.74 Å². The average molecular weight is 237 g/mol. The monoisotopic (exact) mass is 237 g/mol. The molecule has 2 nitrogen and oxygen atoms in total. The van der Waals surface area contributed by atoms with Crippen LogP contribution in [0.1, 0.15) is 58.8 Å². The molecule has 0 saturated heterocycles. The van der Waals surface area contributed by atoms with E-state index < -0.39 is 0 Å². The zero-order valence-electron chi connectivity index (χ0n) is 11.4. The summed E-state index contributed by atoms with van der Waals surface area (Å²) in [5.74, 6) is 0.887. The third-order valence-electron chi connectivity index (χ3n) is 5.71. The van der Waals surface area contributed by atoms with E-state index in [9.17, 15) is 0 Å². The van der Waals surface area contributed by atoms with Crippen LogP contribution in [0.25, 0.3) is 0 Å². The molecule has 3 saturated carbocycles. The van der Waals surface area contributed by atoms with Gasteiger partial charge in [0.2, 0.25) is 0 Å². The standard InChI is InChI=1S/C15H27NO/c1-3-17-14-10-13(15(14)8-5-9-15)16-12-7-4-6-11(12)2/h11-14,16H,3-10H2,1-2H3. The van der Waals surface area contributed by atoms with Gasteiger partial charge in [-0.1, -0.05) is 19.8 Å². The highest BCUT2D eigenvalue weighted by atomic mass is 16.5.